The normalized spacial score (nSPS) is 18.5. The van der Waals surface area contributed by atoms with E-state index >= 15 is 0 Å². The Morgan fingerprint density at radius 1 is 1.53 bits per heavy atom. The molecule has 0 saturated heterocycles. The minimum absolute atomic E-state index is 0.121. The monoisotopic (exact) mass is 344 g/mol. The maximum absolute atomic E-state index is 13.9. The molecule has 7 heteroatoms. The zero-order valence-electron chi connectivity index (χ0n) is 9.76. The standard InChI is InChI=1S/C12H10BrFN2O2S/c13-10-7(14)3-5(12(15)17)11-9(10)6-4-19(18)2-1-8(6)16-11/h3,16H,1-2,4H2,(H2,15,17). The number of fused-ring (bicyclic) bond motifs is 3. The van der Waals surface area contributed by atoms with Crippen LogP contribution in [-0.2, 0) is 23.0 Å². The molecule has 1 aromatic carbocycles. The van der Waals surface area contributed by atoms with Crippen molar-refractivity contribution in [3.8, 4) is 0 Å². The van der Waals surface area contributed by atoms with Crippen LogP contribution in [0.3, 0.4) is 0 Å². The van der Waals surface area contributed by atoms with Gasteiger partial charge >= 0.3 is 0 Å². The van der Waals surface area contributed by atoms with Crippen molar-refractivity contribution in [2.45, 2.75) is 12.2 Å². The zero-order valence-corrected chi connectivity index (χ0v) is 12.2. The third kappa shape index (κ3) is 1.92. The molecule has 1 aromatic heterocycles. The predicted molar refractivity (Wildman–Crippen MR) is 74.9 cm³/mol. The summed E-state index contributed by atoms with van der Waals surface area (Å²) in [5, 5.41) is 0.580. The second-order valence-electron chi connectivity index (χ2n) is 4.45. The number of hydrogen-bond acceptors (Lipinski definition) is 2. The molecule has 1 aliphatic heterocycles. The fourth-order valence-corrected chi connectivity index (χ4v) is 4.20. The zero-order chi connectivity index (χ0) is 13.7. The lowest BCUT2D eigenvalue weighted by atomic mass is 10.1. The van der Waals surface area contributed by atoms with Gasteiger partial charge in [-0.2, -0.15) is 0 Å². The van der Waals surface area contributed by atoms with Crippen molar-refractivity contribution in [1.29, 1.82) is 0 Å². The Hall–Kier alpha value is -1.21. The Bertz CT molecular complexity index is 741. The molecule has 2 heterocycles. The fourth-order valence-electron chi connectivity index (χ4n) is 2.43. The Labute approximate surface area is 119 Å². The Morgan fingerprint density at radius 2 is 2.26 bits per heavy atom. The Morgan fingerprint density at radius 3 is 2.95 bits per heavy atom. The second kappa shape index (κ2) is 4.42. The van der Waals surface area contributed by atoms with Gasteiger partial charge in [-0.15, -0.1) is 0 Å². The Balaban J connectivity index is 2.42. The number of carbonyl (C=O) groups is 1. The average molecular weight is 345 g/mol. The number of rotatable bonds is 1. The van der Waals surface area contributed by atoms with E-state index in [0.29, 0.717) is 28.8 Å². The van der Waals surface area contributed by atoms with E-state index in [4.69, 9.17) is 5.73 Å². The van der Waals surface area contributed by atoms with Crippen LogP contribution >= 0.6 is 15.9 Å². The maximum atomic E-state index is 13.9. The lowest BCUT2D eigenvalue weighted by molar-refractivity contribution is 0.100. The number of halogens is 2. The number of nitrogens with two attached hydrogens (primary N) is 1. The first-order valence-electron chi connectivity index (χ1n) is 5.65. The number of carbonyl (C=O) groups excluding carboxylic acids is 1. The molecule has 0 spiro atoms. The molecule has 0 radical (unpaired) electrons. The molecule has 1 amide bonds. The van der Waals surface area contributed by atoms with Crippen molar-refractivity contribution in [2.75, 3.05) is 5.75 Å². The van der Waals surface area contributed by atoms with E-state index in [9.17, 15) is 13.4 Å². The summed E-state index contributed by atoms with van der Waals surface area (Å²) in [4.78, 5) is 14.5. The summed E-state index contributed by atoms with van der Waals surface area (Å²) in [6.07, 6.45) is 0.628. The van der Waals surface area contributed by atoms with E-state index in [1.54, 1.807) is 0 Å². The highest BCUT2D eigenvalue weighted by Gasteiger charge is 2.25. The third-order valence-corrected chi connectivity index (χ3v) is 5.36. The first-order valence-corrected chi connectivity index (χ1v) is 7.93. The van der Waals surface area contributed by atoms with E-state index in [1.807, 2.05) is 0 Å². The van der Waals surface area contributed by atoms with Crippen molar-refractivity contribution in [2.24, 2.45) is 5.73 Å². The van der Waals surface area contributed by atoms with Crippen molar-refractivity contribution in [1.82, 2.24) is 4.98 Å². The quantitative estimate of drug-likeness (QED) is 0.829. The topological polar surface area (TPSA) is 76.0 Å². The number of aromatic amines is 1. The van der Waals surface area contributed by atoms with Gasteiger partial charge in [-0.05, 0) is 34.0 Å². The smallest absolute Gasteiger partial charge is 0.250 e. The largest absolute Gasteiger partial charge is 0.366 e. The minimum Gasteiger partial charge on any atom is -0.366 e. The number of primary amides is 1. The molecule has 100 valence electrons. The van der Waals surface area contributed by atoms with E-state index in [2.05, 4.69) is 20.9 Å². The molecule has 3 rings (SSSR count). The van der Waals surface area contributed by atoms with Gasteiger partial charge in [-0.3, -0.25) is 9.00 Å². The molecule has 19 heavy (non-hydrogen) atoms. The summed E-state index contributed by atoms with van der Waals surface area (Å²) in [5.74, 6) is -0.280. The van der Waals surface area contributed by atoms with Crippen molar-refractivity contribution < 1.29 is 13.4 Å². The van der Waals surface area contributed by atoms with Crippen LogP contribution in [0.15, 0.2) is 10.5 Å². The SMILES string of the molecule is NC(=O)c1cc(F)c(Br)c2c3c([nH]c12)CCS(=O)C3. The van der Waals surface area contributed by atoms with Gasteiger partial charge < -0.3 is 10.7 Å². The van der Waals surface area contributed by atoms with E-state index in [-0.39, 0.29) is 10.0 Å². The molecule has 3 N–H and O–H groups in total. The summed E-state index contributed by atoms with van der Waals surface area (Å²) < 4.78 is 25.8. The summed E-state index contributed by atoms with van der Waals surface area (Å²) in [6.45, 7) is 0. The van der Waals surface area contributed by atoms with E-state index in [1.165, 1.54) is 0 Å². The molecule has 0 fully saturated rings. The van der Waals surface area contributed by atoms with Gasteiger partial charge in [0, 0.05) is 27.6 Å². The highest BCUT2D eigenvalue weighted by atomic mass is 79.9. The van der Waals surface area contributed by atoms with Gasteiger partial charge in [0.2, 0.25) is 0 Å². The van der Waals surface area contributed by atoms with E-state index in [0.717, 1.165) is 17.3 Å². The van der Waals surface area contributed by atoms with Crippen molar-refractivity contribution in [3.05, 3.63) is 33.2 Å². The van der Waals surface area contributed by atoms with Crippen LogP contribution in [-0.4, -0.2) is 20.9 Å². The number of aryl methyl sites for hydroxylation is 1. The van der Waals surface area contributed by atoms with Crippen molar-refractivity contribution in [3.63, 3.8) is 0 Å². The molecular formula is C12H10BrFN2O2S. The van der Waals surface area contributed by atoms with Gasteiger partial charge in [-0.25, -0.2) is 4.39 Å². The van der Waals surface area contributed by atoms with Crippen LogP contribution in [0.25, 0.3) is 10.9 Å². The lowest BCUT2D eigenvalue weighted by Crippen LogP contribution is -2.12. The first kappa shape index (κ1) is 12.8. The van der Waals surface area contributed by atoms with Gasteiger partial charge in [0.15, 0.2) is 0 Å². The second-order valence-corrected chi connectivity index (χ2v) is 6.82. The lowest BCUT2D eigenvalue weighted by Gasteiger charge is -2.11. The number of aromatic nitrogens is 1. The van der Waals surface area contributed by atoms with Gasteiger partial charge in [0.1, 0.15) is 5.82 Å². The number of amides is 1. The number of H-pyrrole nitrogens is 1. The minimum atomic E-state index is -0.948. The number of benzene rings is 1. The highest BCUT2D eigenvalue weighted by molar-refractivity contribution is 9.10. The summed E-state index contributed by atoms with van der Waals surface area (Å²) in [6, 6.07) is 1.12. The fraction of sp³-hybridized carbons (Fsp3) is 0.250. The molecule has 2 aromatic rings. The van der Waals surface area contributed by atoms with Crippen LogP contribution < -0.4 is 5.73 Å². The van der Waals surface area contributed by atoms with Gasteiger partial charge in [0.05, 0.1) is 21.3 Å². The summed E-state index contributed by atoms with van der Waals surface area (Å²) in [5.41, 5.74) is 7.64. The van der Waals surface area contributed by atoms with Crippen LogP contribution in [0.1, 0.15) is 21.6 Å². The molecule has 0 bridgehead atoms. The third-order valence-electron chi connectivity index (χ3n) is 3.31. The number of hydrogen-bond donors (Lipinski definition) is 2. The van der Waals surface area contributed by atoms with Gasteiger partial charge in [-0.1, -0.05) is 0 Å². The summed E-state index contributed by atoms with van der Waals surface area (Å²) >= 11 is 3.20. The maximum Gasteiger partial charge on any atom is 0.250 e. The Kier molecular flexibility index (Phi) is 2.98. The molecule has 1 unspecified atom stereocenters. The average Bonchev–Trinajstić information content (AvgIpc) is 2.72. The van der Waals surface area contributed by atoms with Crippen molar-refractivity contribution >= 4 is 43.5 Å². The van der Waals surface area contributed by atoms with Crippen LogP contribution in [0.5, 0.6) is 0 Å². The molecular weight excluding hydrogens is 335 g/mol. The van der Waals surface area contributed by atoms with Crippen LogP contribution in [0, 0.1) is 5.82 Å². The molecule has 0 saturated carbocycles. The number of nitrogens with one attached hydrogen (secondary N) is 1. The first-order chi connectivity index (χ1) is 8.99. The molecule has 4 nitrogen and oxygen atoms in total. The molecule has 0 aliphatic carbocycles. The predicted octanol–water partition coefficient (Wildman–Crippen LogP) is 1.97. The van der Waals surface area contributed by atoms with E-state index < -0.39 is 22.5 Å². The highest BCUT2D eigenvalue weighted by Crippen LogP contribution is 2.36. The van der Waals surface area contributed by atoms with Crippen LogP contribution in [0.4, 0.5) is 4.39 Å². The van der Waals surface area contributed by atoms with Crippen LogP contribution in [0.2, 0.25) is 0 Å². The van der Waals surface area contributed by atoms with Gasteiger partial charge in [0.25, 0.3) is 5.91 Å². The summed E-state index contributed by atoms with van der Waals surface area (Å²) in [7, 11) is -0.948. The molecule has 1 atom stereocenters. The molecule has 1 aliphatic rings.